The normalized spacial score (nSPS) is 23.1. The topological polar surface area (TPSA) is 58.2 Å². The van der Waals surface area contributed by atoms with Crippen LogP contribution < -0.4 is 10.0 Å². The summed E-state index contributed by atoms with van der Waals surface area (Å²) in [5, 5.41) is 3.07. The summed E-state index contributed by atoms with van der Waals surface area (Å²) in [6, 6.07) is 7.85. The summed E-state index contributed by atoms with van der Waals surface area (Å²) in [7, 11) is -1.34. The van der Waals surface area contributed by atoms with Gasteiger partial charge in [-0.1, -0.05) is 31.2 Å². The van der Waals surface area contributed by atoms with Crippen LogP contribution in [0.25, 0.3) is 0 Å². The highest BCUT2D eigenvalue weighted by Gasteiger charge is 2.25. The zero-order valence-corrected chi connectivity index (χ0v) is 13.0. The molecule has 0 aliphatic heterocycles. The van der Waals surface area contributed by atoms with Crippen LogP contribution in [0.15, 0.2) is 24.3 Å². The number of rotatable bonds is 6. The van der Waals surface area contributed by atoms with E-state index in [2.05, 4.69) is 17.0 Å². The SMILES string of the molecule is CNCc1ccc(CS(=O)(=O)NC2CCC(C)C2)cc1. The average Bonchev–Trinajstić information content (AvgIpc) is 2.76. The van der Waals surface area contributed by atoms with Crippen molar-refractivity contribution in [3.63, 3.8) is 0 Å². The lowest BCUT2D eigenvalue weighted by Crippen LogP contribution is -2.33. The Morgan fingerprint density at radius 3 is 2.35 bits per heavy atom. The molecule has 2 N–H and O–H groups in total. The predicted molar refractivity (Wildman–Crippen MR) is 81.8 cm³/mol. The third-order valence-corrected chi connectivity index (χ3v) is 5.21. The van der Waals surface area contributed by atoms with Crippen LogP contribution in [0, 0.1) is 5.92 Å². The smallest absolute Gasteiger partial charge is 0.216 e. The van der Waals surface area contributed by atoms with Crippen molar-refractivity contribution >= 4 is 10.0 Å². The van der Waals surface area contributed by atoms with Gasteiger partial charge < -0.3 is 5.32 Å². The molecule has 1 saturated carbocycles. The zero-order valence-electron chi connectivity index (χ0n) is 12.2. The summed E-state index contributed by atoms with van der Waals surface area (Å²) >= 11 is 0. The molecule has 2 atom stereocenters. The van der Waals surface area contributed by atoms with E-state index >= 15 is 0 Å². The largest absolute Gasteiger partial charge is 0.316 e. The van der Waals surface area contributed by atoms with Crippen molar-refractivity contribution < 1.29 is 8.42 Å². The third-order valence-electron chi connectivity index (χ3n) is 3.80. The Balaban J connectivity index is 1.93. The third kappa shape index (κ3) is 4.58. The summed E-state index contributed by atoms with van der Waals surface area (Å²) in [6.45, 7) is 2.97. The van der Waals surface area contributed by atoms with Crippen LogP contribution in [0.5, 0.6) is 0 Å². The van der Waals surface area contributed by atoms with Crippen molar-refractivity contribution in [1.82, 2.24) is 10.0 Å². The van der Waals surface area contributed by atoms with Gasteiger partial charge in [-0.15, -0.1) is 0 Å². The minimum atomic E-state index is -3.23. The lowest BCUT2D eigenvalue weighted by atomic mass is 10.1. The number of nitrogens with one attached hydrogen (secondary N) is 2. The van der Waals surface area contributed by atoms with E-state index in [1.54, 1.807) is 0 Å². The van der Waals surface area contributed by atoms with Crippen LogP contribution in [-0.2, 0) is 22.3 Å². The monoisotopic (exact) mass is 296 g/mol. The first-order valence-corrected chi connectivity index (χ1v) is 8.86. The minimum Gasteiger partial charge on any atom is -0.316 e. The molecule has 0 spiro atoms. The Kier molecular flexibility index (Phi) is 5.18. The van der Waals surface area contributed by atoms with E-state index in [4.69, 9.17) is 0 Å². The average molecular weight is 296 g/mol. The first kappa shape index (κ1) is 15.5. The molecule has 2 rings (SSSR count). The highest BCUT2D eigenvalue weighted by atomic mass is 32.2. The van der Waals surface area contributed by atoms with Gasteiger partial charge in [-0.05, 0) is 43.4 Å². The van der Waals surface area contributed by atoms with Crippen molar-refractivity contribution in [1.29, 1.82) is 0 Å². The molecule has 0 heterocycles. The van der Waals surface area contributed by atoms with Crippen molar-refractivity contribution in [2.45, 2.75) is 44.5 Å². The Labute approximate surface area is 122 Å². The highest BCUT2D eigenvalue weighted by Crippen LogP contribution is 2.25. The van der Waals surface area contributed by atoms with Gasteiger partial charge in [0, 0.05) is 12.6 Å². The highest BCUT2D eigenvalue weighted by molar-refractivity contribution is 7.88. The number of sulfonamides is 1. The Morgan fingerprint density at radius 2 is 1.80 bits per heavy atom. The minimum absolute atomic E-state index is 0.0672. The summed E-state index contributed by atoms with van der Waals surface area (Å²) in [5.74, 6) is 0.695. The van der Waals surface area contributed by atoms with E-state index < -0.39 is 10.0 Å². The molecule has 0 saturated heterocycles. The molecule has 1 aromatic rings. The molecule has 0 aromatic heterocycles. The maximum absolute atomic E-state index is 12.1. The van der Waals surface area contributed by atoms with E-state index in [0.717, 1.165) is 36.9 Å². The molecular weight excluding hydrogens is 272 g/mol. The first-order valence-electron chi connectivity index (χ1n) is 7.21. The molecular formula is C15H24N2O2S. The molecule has 1 aromatic carbocycles. The number of hydrogen-bond acceptors (Lipinski definition) is 3. The molecule has 2 unspecified atom stereocenters. The molecule has 0 amide bonds. The quantitative estimate of drug-likeness (QED) is 0.844. The van der Waals surface area contributed by atoms with Crippen LogP contribution in [0.4, 0.5) is 0 Å². The molecule has 1 aliphatic rings. The Bertz CT molecular complexity index is 525. The van der Waals surface area contributed by atoms with Crippen molar-refractivity contribution in [3.8, 4) is 0 Å². The van der Waals surface area contributed by atoms with Crippen molar-refractivity contribution in [2.24, 2.45) is 5.92 Å². The van der Waals surface area contributed by atoms with Crippen LogP contribution in [0.3, 0.4) is 0 Å². The number of hydrogen-bond donors (Lipinski definition) is 2. The second-order valence-corrected chi connectivity index (χ2v) is 7.59. The molecule has 112 valence electrons. The summed E-state index contributed by atoms with van der Waals surface area (Å²) < 4.78 is 27.1. The fraction of sp³-hybridized carbons (Fsp3) is 0.600. The molecule has 20 heavy (non-hydrogen) atoms. The summed E-state index contributed by atoms with van der Waals surface area (Å²) in [6.07, 6.45) is 3.04. The predicted octanol–water partition coefficient (Wildman–Crippen LogP) is 2.01. The van der Waals surface area contributed by atoms with Gasteiger partial charge in [-0.25, -0.2) is 13.1 Å². The van der Waals surface area contributed by atoms with E-state index in [1.165, 1.54) is 0 Å². The Morgan fingerprint density at radius 1 is 1.15 bits per heavy atom. The van der Waals surface area contributed by atoms with Crippen LogP contribution in [-0.4, -0.2) is 21.5 Å². The van der Waals surface area contributed by atoms with Crippen LogP contribution in [0.2, 0.25) is 0 Å². The maximum atomic E-state index is 12.1. The van der Waals surface area contributed by atoms with Gasteiger partial charge >= 0.3 is 0 Å². The Hall–Kier alpha value is -0.910. The summed E-state index contributed by atoms with van der Waals surface area (Å²) in [4.78, 5) is 0. The van der Waals surface area contributed by atoms with Gasteiger partial charge in [0.1, 0.15) is 0 Å². The lowest BCUT2D eigenvalue weighted by molar-refractivity contribution is 0.538. The molecule has 1 fully saturated rings. The molecule has 0 bridgehead atoms. The molecule has 5 heteroatoms. The summed E-state index contributed by atoms with van der Waals surface area (Å²) in [5.41, 5.74) is 2.00. The standard InChI is InChI=1S/C15H24N2O2S/c1-12-3-8-15(9-12)17-20(18,19)11-14-6-4-13(5-7-14)10-16-2/h4-7,12,15-17H,3,8-11H2,1-2H3. The van der Waals surface area contributed by atoms with Crippen molar-refractivity contribution in [2.75, 3.05) is 7.05 Å². The van der Waals surface area contributed by atoms with Crippen LogP contribution in [0.1, 0.15) is 37.3 Å². The van der Waals surface area contributed by atoms with Gasteiger partial charge in [0.05, 0.1) is 5.75 Å². The van der Waals surface area contributed by atoms with Crippen LogP contribution >= 0.6 is 0 Å². The fourth-order valence-electron chi connectivity index (χ4n) is 2.79. The van der Waals surface area contributed by atoms with E-state index in [-0.39, 0.29) is 11.8 Å². The van der Waals surface area contributed by atoms with Crippen molar-refractivity contribution in [3.05, 3.63) is 35.4 Å². The number of benzene rings is 1. The van der Waals surface area contributed by atoms with Gasteiger partial charge in [0.2, 0.25) is 10.0 Å². The zero-order chi connectivity index (χ0) is 14.6. The van der Waals surface area contributed by atoms with Gasteiger partial charge in [0.15, 0.2) is 0 Å². The molecule has 4 nitrogen and oxygen atoms in total. The van der Waals surface area contributed by atoms with E-state index in [0.29, 0.717) is 5.92 Å². The second-order valence-electron chi connectivity index (χ2n) is 5.84. The first-order chi connectivity index (χ1) is 9.48. The maximum Gasteiger partial charge on any atom is 0.216 e. The lowest BCUT2D eigenvalue weighted by Gasteiger charge is -2.13. The second kappa shape index (κ2) is 6.70. The van der Waals surface area contributed by atoms with Gasteiger partial charge in [-0.3, -0.25) is 0 Å². The molecule has 1 aliphatic carbocycles. The molecule has 0 radical (unpaired) electrons. The van der Waals surface area contributed by atoms with Gasteiger partial charge in [0.25, 0.3) is 0 Å². The van der Waals surface area contributed by atoms with E-state index in [9.17, 15) is 8.42 Å². The van der Waals surface area contributed by atoms with Gasteiger partial charge in [-0.2, -0.15) is 0 Å². The van der Waals surface area contributed by atoms with E-state index in [1.807, 2.05) is 31.3 Å². The fourth-order valence-corrected chi connectivity index (χ4v) is 4.22.